The molecule has 4 aromatic rings. The average molecular weight is 440 g/mol. The molecule has 0 saturated carbocycles. The van der Waals surface area contributed by atoms with E-state index >= 15 is 0 Å². The molecule has 0 radical (unpaired) electrons. The van der Waals surface area contributed by atoms with Crippen LogP contribution in [0, 0.1) is 5.82 Å². The number of halogens is 2. The molecule has 0 bridgehead atoms. The van der Waals surface area contributed by atoms with Crippen molar-refractivity contribution in [3.63, 3.8) is 0 Å². The van der Waals surface area contributed by atoms with Gasteiger partial charge in [0.05, 0.1) is 55.4 Å². The van der Waals surface area contributed by atoms with Gasteiger partial charge in [-0.25, -0.2) is 4.39 Å². The van der Waals surface area contributed by atoms with E-state index in [1.54, 1.807) is 41.7 Å². The molecule has 5 rings (SSSR count). The molecule has 1 fully saturated rings. The van der Waals surface area contributed by atoms with Crippen molar-refractivity contribution in [2.45, 2.75) is 12.5 Å². The van der Waals surface area contributed by atoms with Gasteiger partial charge in [0.25, 0.3) is 0 Å². The van der Waals surface area contributed by atoms with Gasteiger partial charge in [0.15, 0.2) is 0 Å². The highest BCUT2D eigenvalue weighted by atomic mass is 35.5. The Kier molecular flexibility index (Phi) is 5.35. The number of benzene rings is 2. The molecule has 0 unspecified atom stereocenters. The quantitative estimate of drug-likeness (QED) is 0.476. The van der Waals surface area contributed by atoms with E-state index in [2.05, 4.69) is 25.3 Å². The van der Waals surface area contributed by atoms with Gasteiger partial charge in [-0.3, -0.25) is 0 Å². The third-order valence-corrected chi connectivity index (χ3v) is 5.48. The Morgan fingerprint density at radius 3 is 2.45 bits per heavy atom. The SMILES string of the molecule is Fc1ccc(-n2nccn2)cc1C[C@@H]1COCCN1c1ccc(Cl)cc1-n1nccn1. The van der Waals surface area contributed by atoms with Crippen LogP contribution in [-0.4, -0.2) is 55.8 Å². The maximum atomic E-state index is 14.7. The minimum atomic E-state index is -0.272. The molecule has 158 valence electrons. The van der Waals surface area contributed by atoms with Gasteiger partial charge in [0.1, 0.15) is 11.5 Å². The third kappa shape index (κ3) is 4.01. The van der Waals surface area contributed by atoms with Crippen LogP contribution in [0.4, 0.5) is 10.1 Å². The van der Waals surface area contributed by atoms with Crippen molar-refractivity contribution >= 4 is 17.3 Å². The van der Waals surface area contributed by atoms with Gasteiger partial charge < -0.3 is 9.64 Å². The topological polar surface area (TPSA) is 73.9 Å². The summed E-state index contributed by atoms with van der Waals surface area (Å²) in [6.45, 7) is 1.70. The Morgan fingerprint density at radius 1 is 0.935 bits per heavy atom. The van der Waals surface area contributed by atoms with Crippen LogP contribution in [0.15, 0.2) is 61.2 Å². The molecule has 1 aliphatic rings. The molecule has 3 heterocycles. The zero-order chi connectivity index (χ0) is 21.2. The van der Waals surface area contributed by atoms with Crippen LogP contribution >= 0.6 is 11.6 Å². The van der Waals surface area contributed by atoms with E-state index in [1.165, 1.54) is 10.9 Å². The number of hydrogen-bond donors (Lipinski definition) is 0. The summed E-state index contributed by atoms with van der Waals surface area (Å²) in [5.74, 6) is -0.272. The van der Waals surface area contributed by atoms with Crippen molar-refractivity contribution < 1.29 is 9.13 Å². The predicted molar refractivity (Wildman–Crippen MR) is 113 cm³/mol. The number of morpholine rings is 1. The fraction of sp³-hybridized carbons (Fsp3) is 0.238. The van der Waals surface area contributed by atoms with Gasteiger partial charge in [-0.15, -0.1) is 4.80 Å². The summed E-state index contributed by atoms with van der Waals surface area (Å²) in [7, 11) is 0. The minimum absolute atomic E-state index is 0.0837. The van der Waals surface area contributed by atoms with E-state index in [4.69, 9.17) is 16.3 Å². The fourth-order valence-electron chi connectivity index (χ4n) is 3.83. The van der Waals surface area contributed by atoms with E-state index in [-0.39, 0.29) is 11.9 Å². The molecule has 8 nitrogen and oxygen atoms in total. The normalized spacial score (nSPS) is 16.6. The van der Waals surface area contributed by atoms with Crippen LogP contribution in [0.25, 0.3) is 11.4 Å². The summed E-state index contributed by atoms with van der Waals surface area (Å²) in [6, 6.07) is 10.4. The Morgan fingerprint density at radius 2 is 1.68 bits per heavy atom. The largest absolute Gasteiger partial charge is 0.377 e. The van der Waals surface area contributed by atoms with Gasteiger partial charge in [-0.1, -0.05) is 11.6 Å². The van der Waals surface area contributed by atoms with Crippen LogP contribution in [0.1, 0.15) is 5.56 Å². The summed E-state index contributed by atoms with van der Waals surface area (Å²) < 4.78 is 20.4. The second-order valence-corrected chi connectivity index (χ2v) is 7.61. The molecule has 31 heavy (non-hydrogen) atoms. The smallest absolute Gasteiger partial charge is 0.126 e. The van der Waals surface area contributed by atoms with Crippen LogP contribution in [0.5, 0.6) is 0 Å². The molecule has 2 aromatic heterocycles. The number of rotatable bonds is 5. The zero-order valence-corrected chi connectivity index (χ0v) is 17.2. The van der Waals surface area contributed by atoms with Crippen molar-refractivity contribution in [1.29, 1.82) is 0 Å². The first-order valence-corrected chi connectivity index (χ1v) is 10.2. The third-order valence-electron chi connectivity index (χ3n) is 5.24. The standard InChI is InChI=1S/C21H19ClFN7O/c22-16-1-4-20(21(13-16)30-26-7-8-27-30)28-9-10-31-14-18(28)12-15-11-17(2-3-19(15)23)29-24-5-6-25-29/h1-8,11,13,18H,9-10,12,14H2/t18-/m1/s1. The average Bonchev–Trinajstić information content (AvgIpc) is 3.50. The Hall–Kier alpha value is -3.30. The molecule has 2 aromatic carbocycles. The summed E-state index contributed by atoms with van der Waals surface area (Å²) in [5, 5.41) is 17.4. The molecule has 1 saturated heterocycles. The molecule has 10 heteroatoms. The first kappa shape index (κ1) is 19.7. The molecule has 0 aliphatic carbocycles. The minimum Gasteiger partial charge on any atom is -0.377 e. The molecule has 1 aliphatic heterocycles. The van der Waals surface area contributed by atoms with Crippen LogP contribution in [0.3, 0.4) is 0 Å². The van der Waals surface area contributed by atoms with E-state index in [1.807, 2.05) is 18.2 Å². The lowest BCUT2D eigenvalue weighted by Crippen LogP contribution is -2.47. The van der Waals surface area contributed by atoms with Crippen molar-refractivity contribution in [2.75, 3.05) is 24.7 Å². The number of anilines is 1. The second-order valence-electron chi connectivity index (χ2n) is 7.17. The first-order chi connectivity index (χ1) is 15.2. The fourth-order valence-corrected chi connectivity index (χ4v) is 3.99. The number of nitrogens with zero attached hydrogens (tertiary/aromatic N) is 7. The van der Waals surface area contributed by atoms with Gasteiger partial charge in [0.2, 0.25) is 0 Å². The van der Waals surface area contributed by atoms with E-state index in [0.29, 0.717) is 42.5 Å². The highest BCUT2D eigenvalue weighted by molar-refractivity contribution is 6.30. The van der Waals surface area contributed by atoms with Crippen molar-refractivity contribution in [3.05, 3.63) is 77.6 Å². The van der Waals surface area contributed by atoms with Gasteiger partial charge >= 0.3 is 0 Å². The van der Waals surface area contributed by atoms with Gasteiger partial charge in [0, 0.05) is 11.6 Å². The van der Waals surface area contributed by atoms with Crippen LogP contribution < -0.4 is 4.90 Å². The van der Waals surface area contributed by atoms with Gasteiger partial charge in [-0.2, -0.15) is 25.2 Å². The van der Waals surface area contributed by atoms with Crippen LogP contribution in [0.2, 0.25) is 5.02 Å². The van der Waals surface area contributed by atoms with Crippen LogP contribution in [-0.2, 0) is 11.2 Å². The summed E-state index contributed by atoms with van der Waals surface area (Å²) in [4.78, 5) is 5.22. The van der Waals surface area contributed by atoms with Crippen molar-refractivity contribution in [1.82, 2.24) is 30.0 Å². The summed E-state index contributed by atoms with van der Waals surface area (Å²) in [5.41, 5.74) is 2.96. The monoisotopic (exact) mass is 439 g/mol. The molecular weight excluding hydrogens is 421 g/mol. The summed E-state index contributed by atoms with van der Waals surface area (Å²) in [6.07, 6.45) is 6.86. The number of hydrogen-bond acceptors (Lipinski definition) is 6. The first-order valence-electron chi connectivity index (χ1n) is 9.85. The van der Waals surface area contributed by atoms with E-state index < -0.39 is 0 Å². The van der Waals surface area contributed by atoms with Gasteiger partial charge in [-0.05, 0) is 48.4 Å². The van der Waals surface area contributed by atoms with Crippen molar-refractivity contribution in [2.24, 2.45) is 0 Å². The van der Waals surface area contributed by atoms with Crippen molar-refractivity contribution in [3.8, 4) is 11.4 Å². The second kappa shape index (κ2) is 8.44. The number of ether oxygens (including phenoxy) is 1. The van der Waals surface area contributed by atoms with E-state index in [0.717, 1.165) is 11.4 Å². The summed E-state index contributed by atoms with van der Waals surface area (Å²) >= 11 is 6.25. The maximum Gasteiger partial charge on any atom is 0.126 e. The maximum absolute atomic E-state index is 14.7. The number of aromatic nitrogens is 6. The zero-order valence-electron chi connectivity index (χ0n) is 16.5. The molecule has 1 atom stereocenters. The lowest BCUT2D eigenvalue weighted by Gasteiger charge is -2.38. The Labute approximate surface area is 182 Å². The predicted octanol–water partition coefficient (Wildman–Crippen LogP) is 3.09. The lowest BCUT2D eigenvalue weighted by molar-refractivity contribution is 0.0938. The molecule has 0 amide bonds. The molecule has 0 spiro atoms. The Balaban J connectivity index is 1.49. The lowest BCUT2D eigenvalue weighted by atomic mass is 10.0. The molecule has 0 N–H and O–H groups in total. The molecular formula is C21H19ClFN7O. The highest BCUT2D eigenvalue weighted by Gasteiger charge is 2.27. The Bertz CT molecular complexity index is 1170. The highest BCUT2D eigenvalue weighted by Crippen LogP contribution is 2.31. The van der Waals surface area contributed by atoms with E-state index in [9.17, 15) is 4.39 Å².